The van der Waals surface area contributed by atoms with E-state index < -0.39 is 11.9 Å². The van der Waals surface area contributed by atoms with Gasteiger partial charge in [-0.1, -0.05) is 43.7 Å². The summed E-state index contributed by atoms with van der Waals surface area (Å²) in [6, 6.07) is 13.4. The zero-order valence-corrected chi connectivity index (χ0v) is 27.5. The van der Waals surface area contributed by atoms with Gasteiger partial charge >= 0.3 is 5.97 Å². The summed E-state index contributed by atoms with van der Waals surface area (Å²) in [5.74, 6) is -0.648. The highest BCUT2D eigenvalue weighted by Crippen LogP contribution is 2.41. The number of hydrogen-bond donors (Lipinski definition) is 2. The number of benzene rings is 2. The fraction of sp³-hybridized carbons (Fsp3) is 0.556. The number of carboxylic acid groups (broad SMARTS) is 1. The van der Waals surface area contributed by atoms with Gasteiger partial charge in [0.2, 0.25) is 5.91 Å². The van der Waals surface area contributed by atoms with E-state index in [4.69, 9.17) is 4.74 Å². The van der Waals surface area contributed by atoms with Gasteiger partial charge in [-0.15, -0.1) is 0 Å². The molecular formula is C36H51N4O5+. The molecule has 0 bridgehead atoms. The van der Waals surface area contributed by atoms with Crippen LogP contribution in [0.2, 0.25) is 0 Å². The summed E-state index contributed by atoms with van der Waals surface area (Å²) in [4.78, 5) is 31.0. The topological polar surface area (TPSA) is 95.2 Å². The van der Waals surface area contributed by atoms with E-state index in [1.165, 1.54) is 0 Å². The SMILES string of the molecule is CCCCN(CCCC[N+](C)(C)C)C(=O)CN1C[C@H](c2ccc3c(c2)CCO3)C(C(=O)O)[C@@H]1CCn1cc2ccccc2c1O. The van der Waals surface area contributed by atoms with Crippen LogP contribution in [-0.2, 0) is 22.6 Å². The number of nitrogens with zero attached hydrogens (tertiary/aromatic N) is 4. The minimum absolute atomic E-state index is 0.0698. The number of aromatic hydroxyl groups is 1. The maximum absolute atomic E-state index is 13.9. The number of carboxylic acids is 1. The lowest BCUT2D eigenvalue weighted by Crippen LogP contribution is -2.45. The molecule has 2 aromatic carbocycles. The number of carbonyl (C=O) groups excluding carboxylic acids is 1. The van der Waals surface area contributed by atoms with Crippen molar-refractivity contribution in [2.45, 2.75) is 64.0 Å². The zero-order valence-electron chi connectivity index (χ0n) is 27.5. The Bertz CT molecular complexity index is 1480. The highest BCUT2D eigenvalue weighted by Gasteiger charge is 2.47. The van der Waals surface area contributed by atoms with Gasteiger partial charge in [-0.3, -0.25) is 14.5 Å². The quantitative estimate of drug-likeness (QED) is 0.185. The van der Waals surface area contributed by atoms with Crippen LogP contribution in [0.15, 0.2) is 48.7 Å². The number of fused-ring (bicyclic) bond motifs is 2. The third-order valence-electron chi connectivity index (χ3n) is 9.59. The Hall–Kier alpha value is -3.56. The first kappa shape index (κ1) is 32.8. The molecule has 2 aliphatic heterocycles. The third kappa shape index (κ3) is 7.82. The molecule has 244 valence electrons. The molecule has 1 aromatic heterocycles. The number of likely N-dealkylation sites (tertiary alicyclic amines) is 1. The molecule has 5 rings (SSSR count). The van der Waals surface area contributed by atoms with Crippen molar-refractivity contribution in [1.82, 2.24) is 14.4 Å². The Kier molecular flexibility index (Phi) is 10.4. The maximum Gasteiger partial charge on any atom is 0.308 e. The fourth-order valence-electron chi connectivity index (χ4n) is 7.14. The molecule has 45 heavy (non-hydrogen) atoms. The predicted molar refractivity (Wildman–Crippen MR) is 177 cm³/mol. The van der Waals surface area contributed by atoms with Crippen LogP contribution in [-0.4, -0.2) is 107 Å². The van der Waals surface area contributed by atoms with Gasteiger partial charge in [0.05, 0.1) is 46.8 Å². The molecule has 1 saturated heterocycles. The molecule has 3 atom stereocenters. The lowest BCUT2D eigenvalue weighted by atomic mass is 9.83. The van der Waals surface area contributed by atoms with Crippen LogP contribution in [0.4, 0.5) is 0 Å². The van der Waals surface area contributed by atoms with Crippen LogP contribution in [0.1, 0.15) is 56.1 Å². The summed E-state index contributed by atoms with van der Waals surface area (Å²) in [5, 5.41) is 23.3. The molecule has 1 amide bonds. The van der Waals surface area contributed by atoms with E-state index >= 15 is 0 Å². The van der Waals surface area contributed by atoms with E-state index in [0.717, 1.165) is 83.9 Å². The number of aromatic nitrogens is 1. The van der Waals surface area contributed by atoms with Crippen molar-refractivity contribution in [2.24, 2.45) is 5.92 Å². The first-order valence-electron chi connectivity index (χ1n) is 16.6. The summed E-state index contributed by atoms with van der Waals surface area (Å²) >= 11 is 0. The Morgan fingerprint density at radius 1 is 1.07 bits per heavy atom. The number of aryl methyl sites for hydroxylation is 1. The van der Waals surface area contributed by atoms with Gasteiger partial charge in [-0.2, -0.15) is 0 Å². The molecule has 0 aliphatic carbocycles. The lowest BCUT2D eigenvalue weighted by Gasteiger charge is -2.30. The third-order valence-corrected chi connectivity index (χ3v) is 9.59. The molecule has 9 heteroatoms. The van der Waals surface area contributed by atoms with Gasteiger partial charge in [0.15, 0.2) is 5.88 Å². The highest BCUT2D eigenvalue weighted by molar-refractivity contribution is 5.87. The Balaban J connectivity index is 1.38. The normalized spacial score (nSPS) is 20.0. The van der Waals surface area contributed by atoms with Gasteiger partial charge in [-0.05, 0) is 48.9 Å². The van der Waals surface area contributed by atoms with Gasteiger partial charge in [0, 0.05) is 61.5 Å². The van der Waals surface area contributed by atoms with Crippen molar-refractivity contribution >= 4 is 22.6 Å². The molecule has 2 aliphatic rings. The molecule has 3 heterocycles. The number of hydrogen-bond acceptors (Lipinski definition) is 5. The van der Waals surface area contributed by atoms with E-state index in [0.29, 0.717) is 26.1 Å². The minimum Gasteiger partial charge on any atom is -0.494 e. The second-order valence-corrected chi connectivity index (χ2v) is 13.9. The second-order valence-electron chi connectivity index (χ2n) is 13.9. The van der Waals surface area contributed by atoms with Gasteiger partial charge in [-0.25, -0.2) is 0 Å². The molecule has 1 fully saturated rings. The summed E-state index contributed by atoms with van der Waals surface area (Å²) in [7, 11) is 6.56. The van der Waals surface area contributed by atoms with Crippen LogP contribution in [0, 0.1) is 5.92 Å². The Morgan fingerprint density at radius 3 is 2.58 bits per heavy atom. The minimum atomic E-state index is -0.846. The monoisotopic (exact) mass is 619 g/mol. The predicted octanol–water partition coefficient (Wildman–Crippen LogP) is 4.96. The number of unbranched alkanes of at least 4 members (excludes halogenated alkanes) is 2. The van der Waals surface area contributed by atoms with Crippen LogP contribution in [0.25, 0.3) is 10.8 Å². The smallest absolute Gasteiger partial charge is 0.308 e. The van der Waals surface area contributed by atoms with Crippen molar-refractivity contribution in [3.63, 3.8) is 0 Å². The van der Waals surface area contributed by atoms with Gasteiger partial charge in [0.1, 0.15) is 5.75 Å². The summed E-state index contributed by atoms with van der Waals surface area (Å²) < 4.78 is 8.43. The number of aliphatic carboxylic acids is 1. The van der Waals surface area contributed by atoms with Crippen molar-refractivity contribution < 1.29 is 29.0 Å². The Morgan fingerprint density at radius 2 is 1.84 bits per heavy atom. The van der Waals surface area contributed by atoms with Crippen molar-refractivity contribution in [2.75, 3.05) is 60.5 Å². The number of quaternary nitrogens is 1. The van der Waals surface area contributed by atoms with Crippen molar-refractivity contribution in [1.29, 1.82) is 0 Å². The fourth-order valence-corrected chi connectivity index (χ4v) is 7.14. The molecule has 0 saturated carbocycles. The zero-order chi connectivity index (χ0) is 32.1. The van der Waals surface area contributed by atoms with E-state index in [1.54, 1.807) is 0 Å². The molecule has 9 nitrogen and oxygen atoms in total. The average Bonchev–Trinajstić information content (AvgIpc) is 3.70. The van der Waals surface area contributed by atoms with Crippen LogP contribution < -0.4 is 4.74 Å². The first-order valence-corrected chi connectivity index (χ1v) is 16.6. The average molecular weight is 620 g/mol. The number of amides is 1. The van der Waals surface area contributed by atoms with Crippen molar-refractivity contribution in [3.8, 4) is 11.6 Å². The molecule has 0 spiro atoms. The maximum atomic E-state index is 13.9. The first-order chi connectivity index (χ1) is 21.6. The lowest BCUT2D eigenvalue weighted by molar-refractivity contribution is -0.870. The standard InChI is InChI=1S/C36H50N4O5/c1-5-6-17-37(18-9-10-20-40(2,3)4)33(41)25-39-24-30(26-13-14-32-27(22-26)16-21-45-32)34(36(43)44)31(39)15-19-38-23-28-11-7-8-12-29(28)35(38)42/h7-8,11-14,22-23,30-31,34H,5-6,9-10,15-21,24-25H2,1-4H3,(H-,42,43,44)/p+1/t30-,31+,34?/m1/s1. The largest absolute Gasteiger partial charge is 0.494 e. The van der Waals surface area contributed by atoms with E-state index in [9.17, 15) is 19.8 Å². The summed E-state index contributed by atoms with van der Waals surface area (Å²) in [5.41, 5.74) is 2.11. The molecular weight excluding hydrogens is 568 g/mol. The molecule has 2 N–H and O–H groups in total. The van der Waals surface area contributed by atoms with Gasteiger partial charge in [0.25, 0.3) is 0 Å². The molecule has 3 aromatic rings. The number of ether oxygens (including phenoxy) is 1. The number of rotatable bonds is 15. The van der Waals surface area contributed by atoms with Crippen LogP contribution in [0.3, 0.4) is 0 Å². The van der Waals surface area contributed by atoms with Crippen LogP contribution in [0.5, 0.6) is 11.6 Å². The number of carbonyl (C=O) groups is 2. The Labute approximate surface area is 267 Å². The highest BCUT2D eigenvalue weighted by atomic mass is 16.5. The van der Waals surface area contributed by atoms with Crippen molar-refractivity contribution in [3.05, 3.63) is 59.8 Å². The molecule has 0 radical (unpaired) electrons. The van der Waals surface area contributed by atoms with E-state index in [2.05, 4.69) is 39.0 Å². The van der Waals surface area contributed by atoms with Gasteiger partial charge < -0.3 is 28.9 Å². The second kappa shape index (κ2) is 14.3. The van der Waals surface area contributed by atoms with E-state index in [1.807, 2.05) is 52.1 Å². The van der Waals surface area contributed by atoms with Crippen LogP contribution >= 0.6 is 0 Å². The summed E-state index contributed by atoms with van der Waals surface area (Å²) in [6.45, 7) is 6.42. The molecule has 1 unspecified atom stereocenters. The van der Waals surface area contributed by atoms with E-state index in [-0.39, 0.29) is 30.3 Å². The summed E-state index contributed by atoms with van der Waals surface area (Å²) in [6.07, 6.45) is 7.20.